The number of fused-ring (bicyclic) bond motifs is 1. The molecule has 5 unspecified atom stereocenters. The molecular formula is C26H29F2N3O4. The normalized spacial score (nSPS) is 24.8. The minimum absolute atomic E-state index is 0.0256. The van der Waals surface area contributed by atoms with Crippen LogP contribution in [0.3, 0.4) is 0 Å². The Hall–Kier alpha value is -3.33. The molecule has 2 aromatic carbocycles. The molecule has 1 fully saturated rings. The Bertz CT molecular complexity index is 1160. The van der Waals surface area contributed by atoms with Crippen LogP contribution >= 0.6 is 0 Å². The zero-order valence-electron chi connectivity index (χ0n) is 19.8. The molecule has 9 heteroatoms. The van der Waals surface area contributed by atoms with Gasteiger partial charge in [0, 0.05) is 24.6 Å². The molecule has 35 heavy (non-hydrogen) atoms. The van der Waals surface area contributed by atoms with Crippen LogP contribution in [0.15, 0.2) is 42.5 Å². The van der Waals surface area contributed by atoms with Gasteiger partial charge in [-0.05, 0) is 36.0 Å². The van der Waals surface area contributed by atoms with E-state index in [4.69, 9.17) is 0 Å². The summed E-state index contributed by atoms with van der Waals surface area (Å²) < 4.78 is 28.6. The van der Waals surface area contributed by atoms with Crippen LogP contribution < -0.4 is 10.6 Å². The van der Waals surface area contributed by atoms with Crippen molar-refractivity contribution in [1.82, 2.24) is 15.5 Å². The van der Waals surface area contributed by atoms with Crippen LogP contribution in [-0.2, 0) is 20.8 Å². The average molecular weight is 486 g/mol. The molecule has 2 aromatic rings. The van der Waals surface area contributed by atoms with Gasteiger partial charge in [0.15, 0.2) is 0 Å². The summed E-state index contributed by atoms with van der Waals surface area (Å²) in [6.07, 6.45) is -0.412. The molecule has 2 aliphatic rings. The smallest absolute Gasteiger partial charge is 0.247 e. The zero-order valence-corrected chi connectivity index (χ0v) is 19.8. The molecule has 0 bridgehead atoms. The van der Waals surface area contributed by atoms with E-state index in [2.05, 4.69) is 10.6 Å². The highest BCUT2D eigenvalue weighted by molar-refractivity contribution is 6.00. The Morgan fingerprint density at radius 2 is 1.91 bits per heavy atom. The molecule has 0 radical (unpaired) electrons. The molecule has 0 spiro atoms. The number of carbonyl (C=O) groups is 3. The summed E-state index contributed by atoms with van der Waals surface area (Å²) in [6.45, 7) is 3.74. The van der Waals surface area contributed by atoms with Gasteiger partial charge in [-0.15, -0.1) is 0 Å². The van der Waals surface area contributed by atoms with Crippen LogP contribution in [0, 0.1) is 23.5 Å². The number of aliphatic hydroxyl groups is 1. The van der Waals surface area contributed by atoms with Crippen molar-refractivity contribution < 1.29 is 28.3 Å². The third-order valence-corrected chi connectivity index (χ3v) is 6.84. The third kappa shape index (κ3) is 4.52. The SMILES string of the molecule is CNC(=O)C(c1ccc(F)cc1F)N1C(=O)C(C2Cc3ccccc3C2O)NC(=O)C1CC(C)C. The number of carbonyl (C=O) groups excluding carboxylic acids is 3. The van der Waals surface area contributed by atoms with Crippen LogP contribution in [0.2, 0.25) is 0 Å². The second kappa shape index (κ2) is 9.73. The van der Waals surface area contributed by atoms with Crippen molar-refractivity contribution in [1.29, 1.82) is 0 Å². The van der Waals surface area contributed by atoms with Crippen LogP contribution in [0.5, 0.6) is 0 Å². The van der Waals surface area contributed by atoms with Gasteiger partial charge in [0.1, 0.15) is 29.8 Å². The Morgan fingerprint density at radius 3 is 2.54 bits per heavy atom. The predicted octanol–water partition coefficient (Wildman–Crippen LogP) is 2.40. The fourth-order valence-corrected chi connectivity index (χ4v) is 5.20. The van der Waals surface area contributed by atoms with E-state index in [-0.39, 0.29) is 17.9 Å². The summed E-state index contributed by atoms with van der Waals surface area (Å²) >= 11 is 0. The Kier molecular flexibility index (Phi) is 6.89. The Morgan fingerprint density at radius 1 is 1.20 bits per heavy atom. The first-order valence-electron chi connectivity index (χ1n) is 11.7. The maximum Gasteiger partial charge on any atom is 0.247 e. The molecule has 0 aromatic heterocycles. The number of benzene rings is 2. The zero-order chi connectivity index (χ0) is 25.4. The van der Waals surface area contributed by atoms with Gasteiger partial charge in [-0.3, -0.25) is 14.4 Å². The minimum atomic E-state index is -1.49. The maximum absolute atomic E-state index is 14.9. The van der Waals surface area contributed by atoms with E-state index in [1.807, 2.05) is 26.0 Å². The summed E-state index contributed by atoms with van der Waals surface area (Å²) in [5.74, 6) is -4.29. The Labute approximate surface area is 202 Å². The summed E-state index contributed by atoms with van der Waals surface area (Å²) in [4.78, 5) is 41.5. The van der Waals surface area contributed by atoms with Gasteiger partial charge < -0.3 is 20.6 Å². The average Bonchev–Trinajstić information content (AvgIpc) is 3.15. The minimum Gasteiger partial charge on any atom is -0.388 e. The van der Waals surface area contributed by atoms with Gasteiger partial charge in [0.05, 0.1) is 6.10 Å². The van der Waals surface area contributed by atoms with Gasteiger partial charge in [-0.1, -0.05) is 44.2 Å². The van der Waals surface area contributed by atoms with Crippen molar-refractivity contribution in [2.24, 2.45) is 11.8 Å². The van der Waals surface area contributed by atoms with E-state index in [1.54, 1.807) is 12.1 Å². The highest BCUT2D eigenvalue weighted by atomic mass is 19.1. The van der Waals surface area contributed by atoms with E-state index < -0.39 is 59.5 Å². The highest BCUT2D eigenvalue weighted by Gasteiger charge is 2.51. The summed E-state index contributed by atoms with van der Waals surface area (Å²) in [5, 5.41) is 16.2. The third-order valence-electron chi connectivity index (χ3n) is 6.84. The predicted molar refractivity (Wildman–Crippen MR) is 124 cm³/mol. The van der Waals surface area contributed by atoms with Crippen LogP contribution in [0.25, 0.3) is 0 Å². The lowest BCUT2D eigenvalue weighted by atomic mass is 9.87. The number of aliphatic hydroxyl groups excluding tert-OH is 1. The molecule has 5 atom stereocenters. The van der Waals surface area contributed by atoms with Crippen molar-refractivity contribution >= 4 is 17.7 Å². The molecule has 7 nitrogen and oxygen atoms in total. The maximum atomic E-state index is 14.9. The standard InChI is InChI=1S/C26H29F2N3O4/c1-13(2)10-20-24(33)30-21(18-11-14-6-4-5-7-16(14)23(18)32)26(35)31(20)22(25(34)29-3)17-9-8-15(27)12-19(17)28/h4-9,12-13,18,20-23,32H,10-11H2,1-3H3,(H,29,34)(H,30,33). The van der Waals surface area contributed by atoms with Crippen molar-refractivity contribution in [3.05, 3.63) is 70.8 Å². The molecule has 3 amide bonds. The van der Waals surface area contributed by atoms with Gasteiger partial charge >= 0.3 is 0 Å². The molecule has 4 rings (SSSR count). The second-order valence-corrected chi connectivity index (χ2v) is 9.57. The first-order chi connectivity index (χ1) is 16.6. The number of hydrogen-bond acceptors (Lipinski definition) is 4. The number of hydrogen-bond donors (Lipinski definition) is 3. The number of nitrogens with zero attached hydrogens (tertiary/aromatic N) is 1. The molecule has 186 valence electrons. The van der Waals surface area contributed by atoms with Crippen molar-refractivity contribution in [3.8, 4) is 0 Å². The van der Waals surface area contributed by atoms with Crippen LogP contribution in [0.4, 0.5) is 8.78 Å². The molecule has 1 heterocycles. The summed E-state index contributed by atoms with van der Waals surface area (Å²) in [6, 6.07) is 6.35. The Balaban J connectivity index is 1.79. The quantitative estimate of drug-likeness (QED) is 0.585. The number of rotatable bonds is 6. The number of halogens is 2. The van der Waals surface area contributed by atoms with Crippen molar-refractivity contribution in [2.45, 2.75) is 50.9 Å². The van der Waals surface area contributed by atoms with Crippen LogP contribution in [0.1, 0.15) is 49.1 Å². The summed E-state index contributed by atoms with van der Waals surface area (Å²) in [7, 11) is 1.34. The molecule has 1 aliphatic heterocycles. The molecule has 0 saturated carbocycles. The highest BCUT2D eigenvalue weighted by Crippen LogP contribution is 2.41. The number of piperazine rings is 1. The lowest BCUT2D eigenvalue weighted by Gasteiger charge is -2.45. The second-order valence-electron chi connectivity index (χ2n) is 9.57. The monoisotopic (exact) mass is 485 g/mol. The van der Waals surface area contributed by atoms with E-state index in [0.717, 1.165) is 22.6 Å². The molecule has 1 saturated heterocycles. The number of nitrogens with one attached hydrogen (secondary N) is 2. The van der Waals surface area contributed by atoms with Gasteiger partial charge in [-0.2, -0.15) is 0 Å². The first-order valence-corrected chi connectivity index (χ1v) is 11.7. The molecule has 3 N–H and O–H groups in total. The lowest BCUT2D eigenvalue weighted by molar-refractivity contribution is -0.159. The van der Waals surface area contributed by atoms with Gasteiger partial charge in [0.2, 0.25) is 17.7 Å². The topological polar surface area (TPSA) is 98.7 Å². The lowest BCUT2D eigenvalue weighted by Crippen LogP contribution is -2.67. The van der Waals surface area contributed by atoms with Crippen molar-refractivity contribution in [2.75, 3.05) is 7.05 Å². The summed E-state index contributed by atoms with van der Waals surface area (Å²) in [5.41, 5.74) is 1.34. The number of amides is 3. The fraction of sp³-hybridized carbons (Fsp3) is 0.423. The van der Waals surface area contributed by atoms with Crippen LogP contribution in [-0.4, -0.2) is 46.9 Å². The largest absolute Gasteiger partial charge is 0.388 e. The van der Waals surface area contributed by atoms with Gasteiger partial charge in [-0.25, -0.2) is 8.78 Å². The molecule has 1 aliphatic carbocycles. The van der Waals surface area contributed by atoms with E-state index in [1.165, 1.54) is 7.05 Å². The van der Waals surface area contributed by atoms with Gasteiger partial charge in [0.25, 0.3) is 0 Å². The van der Waals surface area contributed by atoms with E-state index in [0.29, 0.717) is 18.1 Å². The first kappa shape index (κ1) is 24.8. The van der Waals surface area contributed by atoms with Crippen molar-refractivity contribution in [3.63, 3.8) is 0 Å². The van der Waals surface area contributed by atoms with E-state index in [9.17, 15) is 28.3 Å². The fourth-order valence-electron chi connectivity index (χ4n) is 5.20. The van der Waals surface area contributed by atoms with E-state index >= 15 is 0 Å². The number of likely N-dealkylation sites (N-methyl/N-ethyl adjacent to an activating group) is 1. The molecular weight excluding hydrogens is 456 g/mol.